The SMILES string of the molecule is CCCCOc1ccccc1-c1cc(=O)c2cc(C(=O)O)ccc2o1. The van der Waals surface area contributed by atoms with Gasteiger partial charge in [-0.25, -0.2) is 4.79 Å². The van der Waals surface area contributed by atoms with Crippen molar-refractivity contribution in [3.8, 4) is 17.1 Å². The van der Waals surface area contributed by atoms with Crippen molar-refractivity contribution >= 4 is 16.9 Å². The van der Waals surface area contributed by atoms with E-state index in [4.69, 9.17) is 14.3 Å². The molecular formula is C20H18O5. The summed E-state index contributed by atoms with van der Waals surface area (Å²) in [4.78, 5) is 23.5. The molecule has 0 saturated carbocycles. The minimum atomic E-state index is -1.08. The lowest BCUT2D eigenvalue weighted by Gasteiger charge is -2.11. The molecule has 0 aliphatic rings. The number of hydrogen-bond acceptors (Lipinski definition) is 4. The van der Waals surface area contributed by atoms with Crippen LogP contribution >= 0.6 is 0 Å². The van der Waals surface area contributed by atoms with Gasteiger partial charge in [0.15, 0.2) is 5.43 Å². The number of rotatable bonds is 6. The number of para-hydroxylation sites is 1. The Balaban J connectivity index is 2.07. The standard InChI is InChI=1S/C20H18O5/c1-2-3-10-24-17-7-5-4-6-14(17)19-12-16(21)15-11-13(20(22)23)8-9-18(15)25-19/h4-9,11-12H,2-3,10H2,1H3,(H,22,23). The minimum Gasteiger partial charge on any atom is -0.493 e. The summed E-state index contributed by atoms with van der Waals surface area (Å²) in [7, 11) is 0. The molecule has 1 aromatic heterocycles. The van der Waals surface area contributed by atoms with Crippen molar-refractivity contribution in [2.24, 2.45) is 0 Å². The first-order chi connectivity index (χ1) is 12.1. The Hall–Kier alpha value is -3.08. The van der Waals surface area contributed by atoms with Gasteiger partial charge in [0.2, 0.25) is 0 Å². The van der Waals surface area contributed by atoms with Crippen LogP contribution in [-0.4, -0.2) is 17.7 Å². The monoisotopic (exact) mass is 338 g/mol. The molecule has 0 aliphatic carbocycles. The lowest BCUT2D eigenvalue weighted by molar-refractivity contribution is 0.0697. The normalized spacial score (nSPS) is 10.8. The quantitative estimate of drug-likeness (QED) is 0.677. The topological polar surface area (TPSA) is 76.7 Å². The Kier molecular flexibility index (Phi) is 4.84. The van der Waals surface area contributed by atoms with Crippen LogP contribution in [0.3, 0.4) is 0 Å². The molecule has 3 aromatic rings. The summed E-state index contributed by atoms with van der Waals surface area (Å²) in [6.07, 6.45) is 1.97. The van der Waals surface area contributed by atoms with E-state index in [0.29, 0.717) is 29.3 Å². The van der Waals surface area contributed by atoms with E-state index in [1.807, 2.05) is 24.3 Å². The second-order valence-electron chi connectivity index (χ2n) is 5.69. The number of benzene rings is 2. The summed E-state index contributed by atoms with van der Waals surface area (Å²) in [5.41, 5.74) is 0.800. The average Bonchev–Trinajstić information content (AvgIpc) is 2.62. The first kappa shape index (κ1) is 16.8. The summed E-state index contributed by atoms with van der Waals surface area (Å²) in [6.45, 7) is 2.68. The number of hydrogen-bond donors (Lipinski definition) is 1. The highest BCUT2D eigenvalue weighted by atomic mass is 16.5. The van der Waals surface area contributed by atoms with Crippen LogP contribution in [0, 0.1) is 0 Å². The molecule has 1 N–H and O–H groups in total. The van der Waals surface area contributed by atoms with Gasteiger partial charge in [-0.1, -0.05) is 25.5 Å². The number of carbonyl (C=O) groups is 1. The number of ether oxygens (including phenoxy) is 1. The number of carboxylic acids is 1. The molecular weight excluding hydrogens is 320 g/mol. The zero-order valence-electron chi connectivity index (χ0n) is 13.8. The maximum Gasteiger partial charge on any atom is 0.335 e. The van der Waals surface area contributed by atoms with Gasteiger partial charge in [-0.05, 0) is 36.8 Å². The van der Waals surface area contributed by atoms with E-state index < -0.39 is 5.97 Å². The van der Waals surface area contributed by atoms with Crippen LogP contribution in [0.4, 0.5) is 0 Å². The maximum atomic E-state index is 12.4. The van der Waals surface area contributed by atoms with Gasteiger partial charge in [0.05, 0.1) is 23.1 Å². The van der Waals surface area contributed by atoms with Crippen LogP contribution in [0.2, 0.25) is 0 Å². The molecule has 25 heavy (non-hydrogen) atoms. The van der Waals surface area contributed by atoms with Crippen LogP contribution < -0.4 is 10.2 Å². The highest BCUT2D eigenvalue weighted by Crippen LogP contribution is 2.31. The van der Waals surface area contributed by atoms with Gasteiger partial charge in [-0.15, -0.1) is 0 Å². The zero-order valence-corrected chi connectivity index (χ0v) is 13.8. The van der Waals surface area contributed by atoms with E-state index in [2.05, 4.69) is 6.92 Å². The first-order valence-corrected chi connectivity index (χ1v) is 8.13. The summed E-state index contributed by atoms with van der Waals surface area (Å²) >= 11 is 0. The Bertz CT molecular complexity index is 971. The van der Waals surface area contributed by atoms with Gasteiger partial charge in [0.25, 0.3) is 0 Å². The largest absolute Gasteiger partial charge is 0.493 e. The lowest BCUT2D eigenvalue weighted by atomic mass is 10.1. The Labute approximate surface area is 144 Å². The predicted octanol–water partition coefficient (Wildman–Crippen LogP) is 4.34. The fourth-order valence-electron chi connectivity index (χ4n) is 2.54. The molecule has 0 aliphatic heterocycles. The molecule has 0 saturated heterocycles. The average molecular weight is 338 g/mol. The number of aromatic carboxylic acids is 1. The second-order valence-corrected chi connectivity index (χ2v) is 5.69. The highest BCUT2D eigenvalue weighted by molar-refractivity contribution is 5.93. The van der Waals surface area contributed by atoms with Crippen molar-refractivity contribution in [2.75, 3.05) is 6.61 Å². The van der Waals surface area contributed by atoms with Crippen LogP contribution in [0.25, 0.3) is 22.3 Å². The fraction of sp³-hybridized carbons (Fsp3) is 0.200. The van der Waals surface area contributed by atoms with Gasteiger partial charge in [-0.3, -0.25) is 4.79 Å². The minimum absolute atomic E-state index is 0.0517. The second kappa shape index (κ2) is 7.21. The third kappa shape index (κ3) is 3.55. The third-order valence-corrected chi connectivity index (χ3v) is 3.88. The molecule has 0 bridgehead atoms. The molecule has 128 valence electrons. The molecule has 0 atom stereocenters. The fourth-order valence-corrected chi connectivity index (χ4v) is 2.54. The number of fused-ring (bicyclic) bond motifs is 1. The number of unbranched alkanes of at least 4 members (excludes halogenated alkanes) is 1. The molecule has 1 heterocycles. The zero-order chi connectivity index (χ0) is 17.8. The lowest BCUT2D eigenvalue weighted by Crippen LogP contribution is -2.04. The van der Waals surface area contributed by atoms with Crippen LogP contribution in [0.15, 0.2) is 57.7 Å². The molecule has 0 unspecified atom stereocenters. The van der Waals surface area contributed by atoms with Crippen molar-refractivity contribution in [3.05, 3.63) is 64.3 Å². The maximum absolute atomic E-state index is 12.4. The Morgan fingerprint density at radius 2 is 1.96 bits per heavy atom. The van der Waals surface area contributed by atoms with E-state index in [0.717, 1.165) is 12.8 Å². The molecule has 0 amide bonds. The smallest absolute Gasteiger partial charge is 0.335 e. The van der Waals surface area contributed by atoms with E-state index in [1.165, 1.54) is 24.3 Å². The molecule has 3 rings (SSSR count). The van der Waals surface area contributed by atoms with Crippen molar-refractivity contribution in [2.45, 2.75) is 19.8 Å². The van der Waals surface area contributed by atoms with Gasteiger partial charge in [0.1, 0.15) is 17.1 Å². The van der Waals surface area contributed by atoms with E-state index in [9.17, 15) is 9.59 Å². The van der Waals surface area contributed by atoms with Crippen molar-refractivity contribution in [3.63, 3.8) is 0 Å². The summed E-state index contributed by atoms with van der Waals surface area (Å²) in [6, 6.07) is 13.0. The van der Waals surface area contributed by atoms with E-state index in [-0.39, 0.29) is 16.4 Å². The Morgan fingerprint density at radius 3 is 2.72 bits per heavy atom. The molecule has 0 fully saturated rings. The third-order valence-electron chi connectivity index (χ3n) is 3.88. The summed E-state index contributed by atoms with van der Waals surface area (Å²) in [5, 5.41) is 9.30. The summed E-state index contributed by atoms with van der Waals surface area (Å²) in [5.74, 6) is -0.0340. The number of carboxylic acid groups (broad SMARTS) is 1. The molecule has 5 heteroatoms. The summed E-state index contributed by atoms with van der Waals surface area (Å²) < 4.78 is 11.6. The van der Waals surface area contributed by atoms with Crippen molar-refractivity contribution in [1.82, 2.24) is 0 Å². The van der Waals surface area contributed by atoms with Crippen LogP contribution in [-0.2, 0) is 0 Å². The predicted molar refractivity (Wildman–Crippen MR) is 95.3 cm³/mol. The van der Waals surface area contributed by atoms with Crippen molar-refractivity contribution in [1.29, 1.82) is 0 Å². The van der Waals surface area contributed by atoms with E-state index >= 15 is 0 Å². The molecule has 2 aromatic carbocycles. The van der Waals surface area contributed by atoms with E-state index in [1.54, 1.807) is 0 Å². The van der Waals surface area contributed by atoms with Crippen LogP contribution in [0.1, 0.15) is 30.1 Å². The van der Waals surface area contributed by atoms with Gasteiger partial charge in [-0.2, -0.15) is 0 Å². The molecule has 5 nitrogen and oxygen atoms in total. The Morgan fingerprint density at radius 1 is 1.16 bits per heavy atom. The van der Waals surface area contributed by atoms with Gasteiger partial charge < -0.3 is 14.3 Å². The van der Waals surface area contributed by atoms with Crippen molar-refractivity contribution < 1.29 is 19.1 Å². The molecule has 0 radical (unpaired) electrons. The van der Waals surface area contributed by atoms with Gasteiger partial charge >= 0.3 is 5.97 Å². The molecule has 0 spiro atoms. The highest BCUT2D eigenvalue weighted by Gasteiger charge is 2.13. The first-order valence-electron chi connectivity index (χ1n) is 8.13. The van der Waals surface area contributed by atoms with Crippen LogP contribution in [0.5, 0.6) is 5.75 Å². The van der Waals surface area contributed by atoms with Gasteiger partial charge in [0, 0.05) is 6.07 Å².